The summed E-state index contributed by atoms with van der Waals surface area (Å²) >= 11 is 0. The summed E-state index contributed by atoms with van der Waals surface area (Å²) in [5, 5.41) is 4.58. The van der Waals surface area contributed by atoms with Gasteiger partial charge in [-0.1, -0.05) is 0 Å². The van der Waals surface area contributed by atoms with Gasteiger partial charge in [0, 0.05) is 17.6 Å². The quantitative estimate of drug-likeness (QED) is 0.818. The van der Waals surface area contributed by atoms with Crippen molar-refractivity contribution in [1.82, 2.24) is 9.97 Å². The van der Waals surface area contributed by atoms with Gasteiger partial charge in [0.1, 0.15) is 12.1 Å². The van der Waals surface area contributed by atoms with E-state index in [1.54, 1.807) is 6.33 Å². The lowest BCUT2D eigenvalue weighted by atomic mass is 9.98. The topological polar surface area (TPSA) is 63.8 Å². The van der Waals surface area contributed by atoms with Crippen molar-refractivity contribution in [3.63, 3.8) is 0 Å². The number of benzene rings is 1. The maximum Gasteiger partial charge on any atom is 0.137 e. The molecule has 0 saturated heterocycles. The van der Waals surface area contributed by atoms with Crippen LogP contribution in [0.4, 0.5) is 11.5 Å². The summed E-state index contributed by atoms with van der Waals surface area (Å²) in [5.41, 5.74) is 7.59. The second-order valence-electron chi connectivity index (χ2n) is 6.22. The van der Waals surface area contributed by atoms with E-state index in [2.05, 4.69) is 15.3 Å². The van der Waals surface area contributed by atoms with Gasteiger partial charge in [-0.25, -0.2) is 9.97 Å². The second kappa shape index (κ2) is 4.62. The van der Waals surface area contributed by atoms with Gasteiger partial charge < -0.3 is 11.1 Å². The summed E-state index contributed by atoms with van der Waals surface area (Å²) in [7, 11) is 0. The Bertz CT molecular complexity index is 619. The predicted octanol–water partition coefficient (Wildman–Crippen LogP) is 3.06. The Hall–Kier alpha value is -1.84. The third-order valence-corrected chi connectivity index (χ3v) is 4.62. The number of hydrogen-bond donors (Lipinski definition) is 2. The molecule has 0 bridgehead atoms. The molecule has 1 heterocycles. The Morgan fingerprint density at radius 3 is 2.60 bits per heavy atom. The molecule has 0 amide bonds. The van der Waals surface area contributed by atoms with E-state index in [0.29, 0.717) is 0 Å². The fraction of sp³-hybridized carbons (Fsp3) is 0.500. The molecule has 1 aromatic heterocycles. The second-order valence-corrected chi connectivity index (χ2v) is 6.22. The van der Waals surface area contributed by atoms with Gasteiger partial charge in [0.05, 0.1) is 5.52 Å². The monoisotopic (exact) mass is 268 g/mol. The number of nitrogens with two attached hydrogens (primary N) is 1. The Labute approximate surface area is 118 Å². The third kappa shape index (κ3) is 2.30. The minimum atomic E-state index is 0.760. The zero-order valence-corrected chi connectivity index (χ0v) is 11.5. The SMILES string of the molecule is Nc1ccc2ncnc(NCC(C3CC3)C3CC3)c2c1. The Balaban J connectivity index is 1.56. The molecule has 1 aromatic carbocycles. The molecule has 4 rings (SSSR count). The van der Waals surface area contributed by atoms with Crippen LogP contribution < -0.4 is 11.1 Å². The smallest absolute Gasteiger partial charge is 0.137 e. The van der Waals surface area contributed by atoms with E-state index in [9.17, 15) is 0 Å². The average Bonchev–Trinajstić information content (AvgIpc) is 3.33. The molecule has 2 fully saturated rings. The molecule has 4 nitrogen and oxygen atoms in total. The van der Waals surface area contributed by atoms with Crippen molar-refractivity contribution in [3.05, 3.63) is 24.5 Å². The van der Waals surface area contributed by atoms with Crippen molar-refractivity contribution < 1.29 is 0 Å². The first-order chi connectivity index (χ1) is 9.81. The van der Waals surface area contributed by atoms with Gasteiger partial charge in [0.2, 0.25) is 0 Å². The van der Waals surface area contributed by atoms with Crippen LogP contribution in [0, 0.1) is 17.8 Å². The van der Waals surface area contributed by atoms with Crippen LogP contribution in [-0.2, 0) is 0 Å². The zero-order valence-electron chi connectivity index (χ0n) is 11.5. The molecule has 104 valence electrons. The normalized spacial score (nSPS) is 18.6. The highest BCUT2D eigenvalue weighted by atomic mass is 15.0. The number of nitrogen functional groups attached to an aromatic ring is 1. The fourth-order valence-corrected chi connectivity index (χ4v) is 3.20. The van der Waals surface area contributed by atoms with Gasteiger partial charge in [-0.15, -0.1) is 0 Å². The van der Waals surface area contributed by atoms with E-state index in [4.69, 9.17) is 5.73 Å². The molecule has 2 aliphatic rings. The minimum Gasteiger partial charge on any atom is -0.399 e. The Morgan fingerprint density at radius 1 is 1.15 bits per heavy atom. The van der Waals surface area contributed by atoms with Crippen molar-refractivity contribution in [2.24, 2.45) is 17.8 Å². The number of aromatic nitrogens is 2. The molecule has 2 aromatic rings. The molecule has 20 heavy (non-hydrogen) atoms. The summed E-state index contributed by atoms with van der Waals surface area (Å²) in [6, 6.07) is 5.80. The van der Waals surface area contributed by atoms with E-state index in [0.717, 1.165) is 46.7 Å². The largest absolute Gasteiger partial charge is 0.399 e. The van der Waals surface area contributed by atoms with Gasteiger partial charge >= 0.3 is 0 Å². The highest BCUT2D eigenvalue weighted by Gasteiger charge is 2.41. The highest BCUT2D eigenvalue weighted by Crippen LogP contribution is 2.49. The van der Waals surface area contributed by atoms with Crippen molar-refractivity contribution >= 4 is 22.4 Å². The fourth-order valence-electron chi connectivity index (χ4n) is 3.20. The van der Waals surface area contributed by atoms with Gasteiger partial charge in [0.15, 0.2) is 0 Å². The molecule has 2 aliphatic carbocycles. The predicted molar refractivity (Wildman–Crippen MR) is 81.4 cm³/mol. The number of fused-ring (bicyclic) bond motifs is 1. The minimum absolute atomic E-state index is 0.760. The van der Waals surface area contributed by atoms with Gasteiger partial charge in [0.25, 0.3) is 0 Å². The molecular weight excluding hydrogens is 248 g/mol. The number of rotatable bonds is 5. The Kier molecular flexibility index (Phi) is 2.76. The maximum absolute atomic E-state index is 5.88. The van der Waals surface area contributed by atoms with Crippen molar-refractivity contribution in [2.45, 2.75) is 25.7 Å². The summed E-state index contributed by atoms with van der Waals surface area (Å²) in [6.07, 6.45) is 7.30. The van der Waals surface area contributed by atoms with Crippen LogP contribution in [-0.4, -0.2) is 16.5 Å². The molecule has 4 heteroatoms. The molecule has 3 N–H and O–H groups in total. The van der Waals surface area contributed by atoms with E-state index in [-0.39, 0.29) is 0 Å². The zero-order chi connectivity index (χ0) is 13.5. The number of nitrogens with zero attached hydrogens (tertiary/aromatic N) is 2. The molecule has 0 atom stereocenters. The van der Waals surface area contributed by atoms with E-state index < -0.39 is 0 Å². The number of hydrogen-bond acceptors (Lipinski definition) is 4. The van der Waals surface area contributed by atoms with Gasteiger partial charge in [-0.2, -0.15) is 0 Å². The van der Waals surface area contributed by atoms with Crippen LogP contribution in [0.1, 0.15) is 25.7 Å². The summed E-state index contributed by atoms with van der Waals surface area (Å²) < 4.78 is 0. The molecule has 0 unspecified atom stereocenters. The van der Waals surface area contributed by atoms with Crippen LogP contribution in [0.2, 0.25) is 0 Å². The standard InChI is InChI=1S/C16H20N4/c17-12-5-6-15-13(7-12)16(20-9-19-15)18-8-14(10-1-2-10)11-3-4-11/h5-7,9-11,14H,1-4,8,17H2,(H,18,19,20). The van der Waals surface area contributed by atoms with Gasteiger partial charge in [-0.3, -0.25) is 0 Å². The molecule has 0 aliphatic heterocycles. The van der Waals surface area contributed by atoms with E-state index in [1.165, 1.54) is 25.7 Å². The first kappa shape index (κ1) is 11.9. The lowest BCUT2D eigenvalue weighted by molar-refractivity contribution is 0.428. The first-order valence-corrected chi connectivity index (χ1v) is 7.55. The van der Waals surface area contributed by atoms with Crippen LogP contribution >= 0.6 is 0 Å². The number of nitrogens with one attached hydrogen (secondary N) is 1. The molecule has 0 radical (unpaired) electrons. The van der Waals surface area contributed by atoms with Gasteiger partial charge in [-0.05, 0) is 61.6 Å². The lowest BCUT2D eigenvalue weighted by Crippen LogP contribution is -2.19. The van der Waals surface area contributed by atoms with E-state index >= 15 is 0 Å². The maximum atomic E-state index is 5.88. The summed E-state index contributed by atoms with van der Waals surface area (Å²) in [4.78, 5) is 8.70. The number of anilines is 2. The molecule has 0 spiro atoms. The third-order valence-electron chi connectivity index (χ3n) is 4.62. The summed E-state index contributed by atoms with van der Waals surface area (Å²) in [6.45, 7) is 1.04. The Morgan fingerprint density at radius 2 is 1.90 bits per heavy atom. The average molecular weight is 268 g/mol. The molecular formula is C16H20N4. The van der Waals surface area contributed by atoms with Crippen LogP contribution in [0.25, 0.3) is 10.9 Å². The van der Waals surface area contributed by atoms with E-state index in [1.807, 2.05) is 18.2 Å². The first-order valence-electron chi connectivity index (χ1n) is 7.55. The summed E-state index contributed by atoms with van der Waals surface area (Å²) in [5.74, 6) is 3.66. The molecule has 2 saturated carbocycles. The highest BCUT2D eigenvalue weighted by molar-refractivity contribution is 5.91. The van der Waals surface area contributed by atoms with Crippen LogP contribution in [0.15, 0.2) is 24.5 Å². The van der Waals surface area contributed by atoms with Crippen LogP contribution in [0.3, 0.4) is 0 Å². The van der Waals surface area contributed by atoms with Crippen molar-refractivity contribution in [2.75, 3.05) is 17.6 Å². The van der Waals surface area contributed by atoms with Crippen molar-refractivity contribution in [1.29, 1.82) is 0 Å². The van der Waals surface area contributed by atoms with Crippen molar-refractivity contribution in [3.8, 4) is 0 Å². The van der Waals surface area contributed by atoms with Crippen LogP contribution in [0.5, 0.6) is 0 Å². The lowest BCUT2D eigenvalue weighted by Gasteiger charge is -2.17.